The number of methoxy groups -OCH3 is 2. The van der Waals surface area contributed by atoms with Crippen LogP contribution in [0.4, 0.5) is 0 Å². The van der Waals surface area contributed by atoms with E-state index >= 15 is 0 Å². The molecule has 2 N–H and O–H groups in total. The van der Waals surface area contributed by atoms with Gasteiger partial charge in [-0.05, 0) is 61.7 Å². The fourth-order valence-corrected chi connectivity index (χ4v) is 3.38. The largest absolute Gasteiger partial charge is 0.505 e. The van der Waals surface area contributed by atoms with Gasteiger partial charge in [0.25, 0.3) is 0 Å². The molecule has 0 saturated carbocycles. The number of nitrogens with zero attached hydrogens (tertiary/aromatic N) is 1. The third kappa shape index (κ3) is 3.61. The highest BCUT2D eigenvalue weighted by atomic mass is 16.5. The van der Waals surface area contributed by atoms with Gasteiger partial charge in [0.05, 0.1) is 19.9 Å². The first-order valence-corrected chi connectivity index (χ1v) is 9.05. The van der Waals surface area contributed by atoms with Crippen molar-refractivity contribution < 1.29 is 24.5 Å². The molecule has 0 unspecified atom stereocenters. The van der Waals surface area contributed by atoms with Gasteiger partial charge in [-0.25, -0.2) is 9.78 Å². The molecule has 0 aliphatic rings. The molecule has 0 atom stereocenters. The number of aromatic hydroxyl groups is 1. The molecule has 3 rings (SSSR count). The number of aromatic carboxylic acids is 1. The van der Waals surface area contributed by atoms with Crippen LogP contribution in [0, 0.1) is 20.8 Å². The van der Waals surface area contributed by atoms with E-state index in [1.54, 1.807) is 21.1 Å². The first kappa shape index (κ1) is 20.2. The molecule has 2 aromatic carbocycles. The summed E-state index contributed by atoms with van der Waals surface area (Å²) >= 11 is 0. The first-order valence-electron chi connectivity index (χ1n) is 9.05. The molecule has 0 bridgehead atoms. The van der Waals surface area contributed by atoms with Gasteiger partial charge in [0.1, 0.15) is 11.1 Å². The van der Waals surface area contributed by atoms with Crippen molar-refractivity contribution in [1.82, 2.24) is 4.98 Å². The number of hydrogen-bond acceptors (Lipinski definition) is 5. The number of benzene rings is 2. The zero-order valence-electron chi connectivity index (χ0n) is 17.0. The second-order valence-electron chi connectivity index (χ2n) is 6.83. The van der Waals surface area contributed by atoms with E-state index in [9.17, 15) is 15.0 Å². The zero-order chi connectivity index (χ0) is 21.3. The number of carbonyl (C=O) groups is 1. The Labute approximate surface area is 169 Å². The van der Waals surface area contributed by atoms with Crippen LogP contribution in [0.25, 0.3) is 23.1 Å². The van der Waals surface area contributed by atoms with Gasteiger partial charge < -0.3 is 19.7 Å². The first-order chi connectivity index (χ1) is 13.8. The van der Waals surface area contributed by atoms with Crippen LogP contribution < -0.4 is 9.47 Å². The Hall–Kier alpha value is -3.54. The number of ether oxygens (including phenoxy) is 2. The van der Waals surface area contributed by atoms with E-state index in [-0.39, 0.29) is 16.8 Å². The maximum Gasteiger partial charge on any atom is 0.339 e. The van der Waals surface area contributed by atoms with Crippen molar-refractivity contribution in [2.75, 3.05) is 14.2 Å². The van der Waals surface area contributed by atoms with E-state index in [2.05, 4.69) is 4.98 Å². The maximum absolute atomic E-state index is 11.4. The van der Waals surface area contributed by atoms with Gasteiger partial charge in [-0.1, -0.05) is 12.1 Å². The minimum absolute atomic E-state index is 0.156. The summed E-state index contributed by atoms with van der Waals surface area (Å²) < 4.78 is 10.8. The Kier molecular flexibility index (Phi) is 5.46. The number of carboxylic acids is 1. The van der Waals surface area contributed by atoms with Crippen LogP contribution in [0.1, 0.15) is 38.3 Å². The fraction of sp³-hybridized carbons (Fsp3) is 0.217. The number of pyridine rings is 1. The van der Waals surface area contributed by atoms with Crippen molar-refractivity contribution in [3.05, 3.63) is 57.8 Å². The molecule has 0 aliphatic carbocycles. The van der Waals surface area contributed by atoms with Crippen LogP contribution in [-0.2, 0) is 0 Å². The lowest BCUT2D eigenvalue weighted by molar-refractivity contribution is 0.0694. The monoisotopic (exact) mass is 393 g/mol. The molecule has 6 nitrogen and oxygen atoms in total. The zero-order valence-corrected chi connectivity index (χ0v) is 17.0. The highest BCUT2D eigenvalue weighted by Gasteiger charge is 2.17. The molecule has 6 heteroatoms. The van der Waals surface area contributed by atoms with Crippen molar-refractivity contribution in [1.29, 1.82) is 0 Å². The summed E-state index contributed by atoms with van der Waals surface area (Å²) in [7, 11) is 3.19. The second-order valence-corrected chi connectivity index (χ2v) is 6.83. The average Bonchev–Trinajstić information content (AvgIpc) is 2.69. The van der Waals surface area contributed by atoms with Crippen molar-refractivity contribution in [3.8, 4) is 17.2 Å². The van der Waals surface area contributed by atoms with Crippen LogP contribution in [-0.4, -0.2) is 35.4 Å². The van der Waals surface area contributed by atoms with Crippen LogP contribution in [0.2, 0.25) is 0 Å². The summed E-state index contributed by atoms with van der Waals surface area (Å²) in [6.07, 6.45) is 3.74. The van der Waals surface area contributed by atoms with Gasteiger partial charge in [-0.3, -0.25) is 0 Å². The minimum Gasteiger partial charge on any atom is -0.505 e. The molecular formula is C23H23NO5. The van der Waals surface area contributed by atoms with Crippen molar-refractivity contribution in [2.24, 2.45) is 0 Å². The number of aryl methyl sites for hydroxylation is 2. The van der Waals surface area contributed by atoms with E-state index in [1.807, 2.05) is 44.2 Å². The number of hydrogen-bond donors (Lipinski definition) is 2. The van der Waals surface area contributed by atoms with E-state index in [4.69, 9.17) is 9.47 Å². The van der Waals surface area contributed by atoms with Gasteiger partial charge >= 0.3 is 5.97 Å². The Morgan fingerprint density at radius 3 is 2.38 bits per heavy atom. The van der Waals surface area contributed by atoms with Gasteiger partial charge in [0, 0.05) is 10.9 Å². The quantitative estimate of drug-likeness (QED) is 0.650. The Morgan fingerprint density at radius 1 is 1.03 bits per heavy atom. The number of phenols is 1. The minimum atomic E-state index is -1.19. The van der Waals surface area contributed by atoms with Crippen LogP contribution >= 0.6 is 0 Å². The number of aromatic nitrogens is 1. The maximum atomic E-state index is 11.4. The molecule has 0 saturated heterocycles. The Balaban J connectivity index is 2.13. The van der Waals surface area contributed by atoms with Gasteiger partial charge in [0.2, 0.25) is 0 Å². The highest BCUT2D eigenvalue weighted by Crippen LogP contribution is 2.34. The molecule has 0 spiro atoms. The predicted octanol–water partition coefficient (Wildman–Crippen LogP) is 4.75. The van der Waals surface area contributed by atoms with Crippen LogP contribution in [0.3, 0.4) is 0 Å². The third-order valence-corrected chi connectivity index (χ3v) is 5.00. The lowest BCUT2D eigenvalue weighted by Gasteiger charge is -2.13. The Bertz CT molecular complexity index is 1150. The van der Waals surface area contributed by atoms with Gasteiger partial charge in [-0.15, -0.1) is 0 Å². The van der Waals surface area contributed by atoms with E-state index in [0.717, 1.165) is 27.6 Å². The number of rotatable bonds is 5. The lowest BCUT2D eigenvalue weighted by atomic mass is 10.0. The molecule has 150 valence electrons. The summed E-state index contributed by atoms with van der Waals surface area (Å²) in [6, 6.07) is 7.13. The molecule has 0 amide bonds. The van der Waals surface area contributed by atoms with E-state index < -0.39 is 5.97 Å². The molecule has 0 radical (unpaired) electrons. The summed E-state index contributed by atoms with van der Waals surface area (Å²) in [4.78, 5) is 15.9. The molecular weight excluding hydrogens is 370 g/mol. The highest BCUT2D eigenvalue weighted by molar-refractivity contribution is 6.00. The molecule has 3 aromatic rings. The lowest BCUT2D eigenvalue weighted by Crippen LogP contribution is -2.00. The molecule has 0 aliphatic heterocycles. The standard InChI is InChI=1S/C23H23NO5/c1-12-10-17(23(26)27)21(25)20-16(12)11-13(2)18(24-20)8-6-15-7-9-19(28-4)22(29-5)14(15)3/h6-11,25H,1-5H3,(H,26,27)/b8-6+. The molecule has 1 aromatic heterocycles. The summed E-state index contributed by atoms with van der Waals surface area (Å²) in [6.45, 7) is 5.67. The molecule has 1 heterocycles. The smallest absolute Gasteiger partial charge is 0.339 e. The summed E-state index contributed by atoms with van der Waals surface area (Å²) in [5.41, 5.74) is 4.28. The van der Waals surface area contributed by atoms with Crippen molar-refractivity contribution in [3.63, 3.8) is 0 Å². The summed E-state index contributed by atoms with van der Waals surface area (Å²) in [5.74, 6) is -0.191. The van der Waals surface area contributed by atoms with E-state index in [0.29, 0.717) is 17.2 Å². The summed E-state index contributed by atoms with van der Waals surface area (Å²) in [5, 5.41) is 20.5. The second kappa shape index (κ2) is 7.83. The van der Waals surface area contributed by atoms with Crippen LogP contribution in [0.15, 0.2) is 24.3 Å². The third-order valence-electron chi connectivity index (χ3n) is 5.00. The number of fused-ring (bicyclic) bond motifs is 1. The Morgan fingerprint density at radius 2 is 1.76 bits per heavy atom. The number of carboxylic acid groups (broad SMARTS) is 1. The SMILES string of the molecule is COc1ccc(/C=C/c2nc3c(O)c(C(=O)O)cc(C)c3cc2C)c(C)c1OC. The van der Waals surface area contributed by atoms with Crippen molar-refractivity contribution in [2.45, 2.75) is 20.8 Å². The molecule has 0 fully saturated rings. The predicted molar refractivity (Wildman–Crippen MR) is 113 cm³/mol. The van der Waals surface area contributed by atoms with Crippen molar-refractivity contribution >= 4 is 29.0 Å². The van der Waals surface area contributed by atoms with Gasteiger partial charge in [-0.2, -0.15) is 0 Å². The van der Waals surface area contributed by atoms with Gasteiger partial charge in [0.15, 0.2) is 17.2 Å². The van der Waals surface area contributed by atoms with Crippen LogP contribution in [0.5, 0.6) is 17.2 Å². The fourth-order valence-electron chi connectivity index (χ4n) is 3.38. The van der Waals surface area contributed by atoms with E-state index in [1.165, 1.54) is 6.07 Å². The average molecular weight is 393 g/mol. The normalized spacial score (nSPS) is 11.2. The molecule has 29 heavy (non-hydrogen) atoms. The topological polar surface area (TPSA) is 88.9 Å².